The first-order valence-electron chi connectivity index (χ1n) is 9.90. The van der Waals surface area contributed by atoms with Crippen LogP contribution in [0.2, 0.25) is 0 Å². The van der Waals surface area contributed by atoms with E-state index < -0.39 is 21.8 Å². The van der Waals surface area contributed by atoms with Gasteiger partial charge in [0.25, 0.3) is 0 Å². The average Bonchev–Trinajstić information content (AvgIpc) is 3.01. The fraction of sp³-hybridized carbons (Fsp3) is 0.409. The highest BCUT2D eigenvalue weighted by atomic mass is 32.2. The molecule has 2 aliphatic rings. The molecule has 166 valence electrons. The van der Waals surface area contributed by atoms with Gasteiger partial charge >= 0.3 is 6.18 Å². The molecule has 1 heterocycles. The van der Waals surface area contributed by atoms with Gasteiger partial charge in [-0.3, -0.25) is 9.52 Å². The summed E-state index contributed by atoms with van der Waals surface area (Å²) in [5.41, 5.74) is 1.25. The highest BCUT2D eigenvalue weighted by molar-refractivity contribution is 7.92. The van der Waals surface area contributed by atoms with Crippen molar-refractivity contribution >= 4 is 21.6 Å². The van der Waals surface area contributed by atoms with Gasteiger partial charge in [0.05, 0.1) is 18.2 Å². The van der Waals surface area contributed by atoms with Crippen LogP contribution < -0.4 is 4.72 Å². The van der Waals surface area contributed by atoms with E-state index >= 15 is 0 Å². The number of fused-ring (bicyclic) bond motifs is 1. The standard InChI is InChI=1S/C22H23F3N2O3S/c1-21(16-4-3-5-17(11-16)26-31(2,29)30)18-12-27(13-19(18)21)20(28)10-14-6-8-15(9-7-14)22(23,24)25/h3-9,11,18-19,26H,10,12-13H2,1-2H3. The summed E-state index contributed by atoms with van der Waals surface area (Å²) in [6.07, 6.45) is -3.22. The molecule has 5 nitrogen and oxygen atoms in total. The van der Waals surface area contributed by atoms with Gasteiger partial charge < -0.3 is 4.90 Å². The highest BCUT2D eigenvalue weighted by Gasteiger charge is 2.66. The smallest absolute Gasteiger partial charge is 0.342 e. The number of halogens is 3. The molecule has 1 aliphatic heterocycles. The Bertz CT molecular complexity index is 1100. The quantitative estimate of drug-likeness (QED) is 0.753. The molecule has 31 heavy (non-hydrogen) atoms. The molecular weight excluding hydrogens is 429 g/mol. The second kappa shape index (κ2) is 7.25. The van der Waals surface area contributed by atoms with Gasteiger partial charge in [-0.05, 0) is 47.2 Å². The second-order valence-electron chi connectivity index (χ2n) is 8.62. The Morgan fingerprint density at radius 3 is 2.29 bits per heavy atom. The zero-order valence-corrected chi connectivity index (χ0v) is 17.9. The van der Waals surface area contributed by atoms with Crippen LogP contribution in [0.15, 0.2) is 48.5 Å². The topological polar surface area (TPSA) is 66.5 Å². The van der Waals surface area contributed by atoms with E-state index in [2.05, 4.69) is 11.6 Å². The maximum absolute atomic E-state index is 12.7. The van der Waals surface area contributed by atoms with Crippen LogP contribution in [0.25, 0.3) is 0 Å². The molecule has 2 aromatic rings. The van der Waals surface area contributed by atoms with Gasteiger partial charge in [-0.2, -0.15) is 13.2 Å². The van der Waals surface area contributed by atoms with Crippen LogP contribution in [0.3, 0.4) is 0 Å². The first-order valence-corrected chi connectivity index (χ1v) is 11.8. The average molecular weight is 452 g/mol. The lowest BCUT2D eigenvalue weighted by molar-refractivity contribution is -0.137. The van der Waals surface area contributed by atoms with Crippen molar-refractivity contribution in [2.75, 3.05) is 24.1 Å². The molecule has 2 atom stereocenters. The van der Waals surface area contributed by atoms with E-state index in [1.807, 2.05) is 18.2 Å². The van der Waals surface area contributed by atoms with Gasteiger partial charge in [0.1, 0.15) is 0 Å². The van der Waals surface area contributed by atoms with Crippen LogP contribution >= 0.6 is 0 Å². The largest absolute Gasteiger partial charge is 0.416 e. The number of likely N-dealkylation sites (tertiary alicyclic amines) is 1. The molecule has 1 amide bonds. The number of alkyl halides is 3. The lowest BCUT2D eigenvalue weighted by Crippen LogP contribution is -2.35. The highest BCUT2D eigenvalue weighted by Crippen LogP contribution is 2.63. The third kappa shape index (κ3) is 4.28. The van der Waals surface area contributed by atoms with Gasteiger partial charge in [0, 0.05) is 24.2 Å². The number of carbonyl (C=O) groups is 1. The molecule has 2 fully saturated rings. The van der Waals surface area contributed by atoms with E-state index in [0.717, 1.165) is 24.0 Å². The Hall–Kier alpha value is -2.55. The van der Waals surface area contributed by atoms with Crippen molar-refractivity contribution in [1.29, 1.82) is 0 Å². The Balaban J connectivity index is 1.39. The van der Waals surface area contributed by atoms with Crippen molar-refractivity contribution in [2.45, 2.75) is 24.9 Å². The number of benzene rings is 2. The zero-order valence-electron chi connectivity index (χ0n) is 17.1. The lowest BCUT2D eigenvalue weighted by Gasteiger charge is -2.25. The summed E-state index contributed by atoms with van der Waals surface area (Å²) >= 11 is 0. The van der Waals surface area contributed by atoms with Crippen LogP contribution in [-0.2, 0) is 32.8 Å². The number of piperidine rings is 1. The zero-order chi connectivity index (χ0) is 22.6. The molecule has 1 saturated heterocycles. The predicted octanol–water partition coefficient (Wildman–Crippen LogP) is 3.67. The molecule has 1 saturated carbocycles. The number of nitrogens with one attached hydrogen (secondary N) is 1. The summed E-state index contributed by atoms with van der Waals surface area (Å²) in [7, 11) is -3.36. The minimum absolute atomic E-state index is 0.0715. The molecule has 4 rings (SSSR count). The van der Waals surface area contributed by atoms with Gasteiger partial charge in [0.15, 0.2) is 0 Å². The molecule has 2 aromatic carbocycles. The number of amides is 1. The van der Waals surface area contributed by atoms with Crippen LogP contribution in [0.5, 0.6) is 0 Å². The van der Waals surface area contributed by atoms with Crippen molar-refractivity contribution in [3.05, 3.63) is 65.2 Å². The van der Waals surface area contributed by atoms with E-state index in [-0.39, 0.29) is 29.6 Å². The first kappa shape index (κ1) is 21.7. The molecule has 0 radical (unpaired) electrons. The van der Waals surface area contributed by atoms with Gasteiger partial charge in [-0.15, -0.1) is 0 Å². The Morgan fingerprint density at radius 2 is 1.74 bits per heavy atom. The summed E-state index contributed by atoms with van der Waals surface area (Å²) < 4.78 is 63.5. The molecule has 9 heteroatoms. The molecule has 0 aromatic heterocycles. The normalized spacial score (nSPS) is 25.3. The van der Waals surface area contributed by atoms with Crippen molar-refractivity contribution in [3.63, 3.8) is 0 Å². The van der Waals surface area contributed by atoms with Gasteiger partial charge in [-0.1, -0.05) is 31.2 Å². The summed E-state index contributed by atoms with van der Waals surface area (Å²) in [5.74, 6) is 0.455. The van der Waals surface area contributed by atoms with E-state index in [1.165, 1.54) is 12.1 Å². The van der Waals surface area contributed by atoms with Crippen LogP contribution in [0.1, 0.15) is 23.6 Å². The summed E-state index contributed by atoms with van der Waals surface area (Å²) in [4.78, 5) is 14.4. The third-order valence-electron chi connectivity index (χ3n) is 6.53. The molecule has 0 spiro atoms. The number of hydrogen-bond acceptors (Lipinski definition) is 3. The van der Waals surface area contributed by atoms with E-state index in [0.29, 0.717) is 24.3 Å². The number of hydrogen-bond donors (Lipinski definition) is 1. The Labute approximate surface area is 179 Å². The minimum Gasteiger partial charge on any atom is -0.342 e. The minimum atomic E-state index is -4.39. The predicted molar refractivity (Wildman–Crippen MR) is 111 cm³/mol. The van der Waals surface area contributed by atoms with Gasteiger partial charge in [0.2, 0.25) is 15.9 Å². The number of nitrogens with zero attached hydrogens (tertiary/aromatic N) is 1. The third-order valence-corrected chi connectivity index (χ3v) is 7.13. The van der Waals surface area contributed by atoms with Crippen molar-refractivity contribution in [2.24, 2.45) is 11.8 Å². The second-order valence-corrected chi connectivity index (χ2v) is 10.4. The number of rotatable bonds is 5. The maximum atomic E-state index is 12.7. The Morgan fingerprint density at radius 1 is 1.13 bits per heavy atom. The number of carbonyl (C=O) groups excluding carboxylic acids is 1. The summed E-state index contributed by atoms with van der Waals surface area (Å²) in [5, 5.41) is 0. The molecule has 1 N–H and O–H groups in total. The Kier molecular flexibility index (Phi) is 5.07. The van der Waals surface area contributed by atoms with Crippen LogP contribution in [0, 0.1) is 11.8 Å². The molecule has 1 aliphatic carbocycles. The fourth-order valence-electron chi connectivity index (χ4n) is 4.74. The fourth-order valence-corrected chi connectivity index (χ4v) is 5.30. The number of sulfonamides is 1. The van der Waals surface area contributed by atoms with Crippen molar-refractivity contribution in [3.8, 4) is 0 Å². The molecule has 0 bridgehead atoms. The monoisotopic (exact) mass is 452 g/mol. The molecular formula is C22H23F3N2O3S. The van der Waals surface area contributed by atoms with Gasteiger partial charge in [-0.25, -0.2) is 8.42 Å². The maximum Gasteiger partial charge on any atom is 0.416 e. The summed E-state index contributed by atoms with van der Waals surface area (Å²) in [6.45, 7) is 3.30. The SMILES string of the molecule is CC1(c2cccc(NS(C)(=O)=O)c2)C2CN(C(=O)Cc3ccc(C(F)(F)F)cc3)CC21. The van der Waals surface area contributed by atoms with E-state index in [1.54, 1.807) is 11.0 Å². The van der Waals surface area contributed by atoms with Crippen molar-refractivity contribution in [1.82, 2.24) is 4.90 Å². The van der Waals surface area contributed by atoms with E-state index in [4.69, 9.17) is 0 Å². The van der Waals surface area contributed by atoms with Crippen LogP contribution in [-0.4, -0.2) is 38.6 Å². The lowest BCUT2D eigenvalue weighted by atomic mass is 9.92. The summed E-state index contributed by atoms with van der Waals surface area (Å²) in [6, 6.07) is 12.0. The van der Waals surface area contributed by atoms with E-state index in [9.17, 15) is 26.4 Å². The number of anilines is 1. The van der Waals surface area contributed by atoms with Crippen molar-refractivity contribution < 1.29 is 26.4 Å². The first-order chi connectivity index (χ1) is 14.4. The van der Waals surface area contributed by atoms with Crippen LogP contribution in [0.4, 0.5) is 18.9 Å². The molecule has 2 unspecified atom stereocenters.